The lowest BCUT2D eigenvalue weighted by Gasteiger charge is -2.31. The molecule has 1 amide bonds. The minimum atomic E-state index is -2.31. The van der Waals surface area contributed by atoms with Gasteiger partial charge in [-0.3, -0.25) is 9.69 Å². The van der Waals surface area contributed by atoms with Crippen molar-refractivity contribution < 1.29 is 34.0 Å². The van der Waals surface area contributed by atoms with Gasteiger partial charge in [0.25, 0.3) is 5.91 Å². The van der Waals surface area contributed by atoms with E-state index in [1.165, 1.54) is 26.4 Å². The molecule has 0 radical (unpaired) electrons. The Morgan fingerprint density at radius 1 is 0.846 bits per heavy atom. The van der Waals surface area contributed by atoms with Crippen molar-refractivity contribution in [1.29, 1.82) is 0 Å². The molecule has 0 spiro atoms. The molecule has 198 valence electrons. The second kappa shape index (κ2) is 9.56. The molecule has 0 aromatic heterocycles. The number of phenolic OH excluding ortho intramolecular Hbond substituents is 1. The number of aliphatic hydroxyl groups is 1. The van der Waals surface area contributed by atoms with E-state index in [0.717, 1.165) is 11.1 Å². The van der Waals surface area contributed by atoms with Gasteiger partial charge >= 0.3 is 0 Å². The molecule has 1 unspecified atom stereocenters. The Bertz CT molecular complexity index is 1500. The molecule has 0 saturated carbocycles. The summed E-state index contributed by atoms with van der Waals surface area (Å²) in [6.45, 7) is 0.631. The first-order valence-corrected chi connectivity index (χ1v) is 12.5. The number of phenols is 1. The number of benzene rings is 4. The molecule has 1 atom stereocenters. The number of nitrogens with zero attached hydrogens (tertiary/aromatic N) is 1. The summed E-state index contributed by atoms with van der Waals surface area (Å²) >= 11 is 0. The van der Waals surface area contributed by atoms with E-state index in [2.05, 4.69) is 0 Å². The summed E-state index contributed by atoms with van der Waals surface area (Å²) < 4.78 is 22.6. The summed E-state index contributed by atoms with van der Waals surface area (Å²) in [4.78, 5) is 16.2. The SMILES string of the molecule is COc1cc(OC)c2c(c1)N(C(c1ccccc1)c1ccccc1)C(=O)C2(O)c1cc2c(cc1O)OCCO2. The predicted octanol–water partition coefficient (Wildman–Crippen LogP) is 4.55. The number of fused-ring (bicyclic) bond motifs is 2. The zero-order chi connectivity index (χ0) is 27.1. The summed E-state index contributed by atoms with van der Waals surface area (Å²) in [5.41, 5.74) is -0.0932. The third-order valence-corrected chi connectivity index (χ3v) is 7.20. The van der Waals surface area contributed by atoms with Gasteiger partial charge in [-0.1, -0.05) is 60.7 Å². The first-order valence-electron chi connectivity index (χ1n) is 12.5. The summed E-state index contributed by atoms with van der Waals surface area (Å²) in [6, 6.07) is 24.6. The molecule has 39 heavy (non-hydrogen) atoms. The molecule has 8 heteroatoms. The van der Waals surface area contributed by atoms with Gasteiger partial charge < -0.3 is 29.2 Å². The maximum Gasteiger partial charge on any atom is 0.269 e. The molecule has 2 N–H and O–H groups in total. The molecule has 8 nitrogen and oxygen atoms in total. The molecule has 0 fully saturated rings. The van der Waals surface area contributed by atoms with Crippen molar-refractivity contribution in [2.24, 2.45) is 0 Å². The zero-order valence-corrected chi connectivity index (χ0v) is 21.5. The molecular weight excluding hydrogens is 498 g/mol. The van der Waals surface area contributed by atoms with Crippen molar-refractivity contribution in [3.63, 3.8) is 0 Å². The van der Waals surface area contributed by atoms with Crippen LogP contribution in [0.15, 0.2) is 84.9 Å². The monoisotopic (exact) mass is 525 g/mol. The van der Waals surface area contributed by atoms with Gasteiger partial charge in [-0.2, -0.15) is 0 Å². The number of ether oxygens (including phenoxy) is 4. The Balaban J connectivity index is 1.64. The fourth-order valence-electron chi connectivity index (χ4n) is 5.43. The van der Waals surface area contributed by atoms with Crippen LogP contribution in [0.1, 0.15) is 28.3 Å². The van der Waals surface area contributed by atoms with Crippen molar-refractivity contribution in [1.82, 2.24) is 0 Å². The fraction of sp³-hybridized carbons (Fsp3) is 0.194. The van der Waals surface area contributed by atoms with E-state index in [9.17, 15) is 15.0 Å². The molecule has 2 aliphatic heterocycles. The van der Waals surface area contributed by atoms with Crippen molar-refractivity contribution in [3.8, 4) is 28.7 Å². The summed E-state index contributed by atoms with van der Waals surface area (Å²) in [5.74, 6) is 0.369. The van der Waals surface area contributed by atoms with Crippen LogP contribution < -0.4 is 23.8 Å². The maximum absolute atomic E-state index is 14.7. The number of rotatable bonds is 6. The van der Waals surface area contributed by atoms with Gasteiger partial charge in [0.15, 0.2) is 11.5 Å². The number of anilines is 1. The lowest BCUT2D eigenvalue weighted by atomic mass is 9.85. The van der Waals surface area contributed by atoms with E-state index in [-0.39, 0.29) is 22.6 Å². The van der Waals surface area contributed by atoms with E-state index in [1.807, 2.05) is 60.7 Å². The summed E-state index contributed by atoms with van der Waals surface area (Å²) in [5, 5.41) is 23.6. The van der Waals surface area contributed by atoms with Gasteiger partial charge in [-0.05, 0) is 17.2 Å². The highest BCUT2D eigenvalue weighted by Crippen LogP contribution is 2.56. The van der Waals surface area contributed by atoms with Crippen LogP contribution in [0.3, 0.4) is 0 Å². The van der Waals surface area contributed by atoms with E-state index in [1.54, 1.807) is 17.0 Å². The minimum Gasteiger partial charge on any atom is -0.507 e. The van der Waals surface area contributed by atoms with Crippen LogP contribution in [0, 0.1) is 0 Å². The smallest absolute Gasteiger partial charge is 0.269 e. The molecule has 4 aromatic carbocycles. The minimum absolute atomic E-state index is 0.0381. The van der Waals surface area contributed by atoms with Crippen LogP contribution in [0.25, 0.3) is 0 Å². The fourth-order valence-corrected chi connectivity index (χ4v) is 5.43. The third-order valence-electron chi connectivity index (χ3n) is 7.20. The number of aromatic hydroxyl groups is 1. The number of amides is 1. The number of hydrogen-bond donors (Lipinski definition) is 2. The number of methoxy groups -OCH3 is 2. The summed E-state index contributed by atoms with van der Waals surface area (Å²) in [7, 11) is 2.98. The second-order valence-corrected chi connectivity index (χ2v) is 9.35. The number of carbonyl (C=O) groups excluding carboxylic acids is 1. The lowest BCUT2D eigenvalue weighted by Crippen LogP contribution is -2.43. The highest BCUT2D eigenvalue weighted by Gasteiger charge is 2.57. The summed E-state index contributed by atoms with van der Waals surface area (Å²) in [6.07, 6.45) is 0. The second-order valence-electron chi connectivity index (χ2n) is 9.35. The quantitative estimate of drug-likeness (QED) is 0.381. The number of carbonyl (C=O) groups is 1. The van der Waals surface area contributed by atoms with Crippen molar-refractivity contribution >= 4 is 11.6 Å². The average Bonchev–Trinajstić information content (AvgIpc) is 3.20. The Morgan fingerprint density at radius 3 is 2.00 bits per heavy atom. The standard InChI is InChI=1S/C31H27NO7/c1-36-21-15-23-28(27(16-21)37-2)31(35,22-17-25-26(18-24(22)33)39-14-13-38-25)30(34)32(23)29(19-9-5-3-6-10-19)20-11-7-4-8-12-20/h3-12,15-18,29,33,35H,13-14H2,1-2H3. The van der Waals surface area contributed by atoms with E-state index in [0.29, 0.717) is 36.1 Å². The van der Waals surface area contributed by atoms with E-state index in [4.69, 9.17) is 18.9 Å². The Hall–Kier alpha value is -4.69. The first kappa shape index (κ1) is 24.6. The average molecular weight is 526 g/mol. The van der Waals surface area contributed by atoms with Crippen molar-refractivity contribution in [2.45, 2.75) is 11.6 Å². The van der Waals surface area contributed by atoms with Gasteiger partial charge in [0, 0.05) is 23.8 Å². The number of hydrogen-bond acceptors (Lipinski definition) is 7. The normalized spacial score (nSPS) is 17.7. The van der Waals surface area contributed by atoms with Gasteiger partial charge in [0.2, 0.25) is 5.60 Å². The van der Waals surface area contributed by atoms with Crippen LogP contribution in [0.2, 0.25) is 0 Å². The lowest BCUT2D eigenvalue weighted by molar-refractivity contribution is -0.132. The molecule has 2 heterocycles. The molecule has 6 rings (SSSR count). The van der Waals surface area contributed by atoms with Crippen LogP contribution in [-0.4, -0.2) is 43.6 Å². The Morgan fingerprint density at radius 2 is 1.44 bits per heavy atom. The molecule has 0 bridgehead atoms. The van der Waals surface area contributed by atoms with Crippen LogP contribution >= 0.6 is 0 Å². The highest BCUT2D eigenvalue weighted by atomic mass is 16.6. The maximum atomic E-state index is 14.7. The molecule has 4 aromatic rings. The Kier molecular flexibility index (Phi) is 6.04. The van der Waals surface area contributed by atoms with Crippen LogP contribution in [0.4, 0.5) is 5.69 Å². The molecule has 2 aliphatic rings. The largest absolute Gasteiger partial charge is 0.507 e. The van der Waals surface area contributed by atoms with Crippen LogP contribution in [0.5, 0.6) is 28.7 Å². The predicted molar refractivity (Wildman–Crippen MR) is 144 cm³/mol. The van der Waals surface area contributed by atoms with Crippen molar-refractivity contribution in [2.75, 3.05) is 32.3 Å². The first-order chi connectivity index (χ1) is 19.0. The van der Waals surface area contributed by atoms with Crippen LogP contribution in [-0.2, 0) is 10.4 Å². The van der Waals surface area contributed by atoms with Gasteiger partial charge in [0.1, 0.15) is 30.5 Å². The Labute approximate surface area is 225 Å². The third kappa shape index (κ3) is 3.83. The molecular formula is C31H27NO7. The van der Waals surface area contributed by atoms with E-state index < -0.39 is 17.6 Å². The van der Waals surface area contributed by atoms with Gasteiger partial charge in [-0.15, -0.1) is 0 Å². The zero-order valence-electron chi connectivity index (χ0n) is 21.5. The van der Waals surface area contributed by atoms with Crippen molar-refractivity contribution in [3.05, 3.63) is 107 Å². The highest BCUT2D eigenvalue weighted by molar-refractivity contribution is 6.11. The molecule has 0 saturated heterocycles. The van der Waals surface area contributed by atoms with Gasteiger partial charge in [0.05, 0.1) is 31.5 Å². The topological polar surface area (TPSA) is 97.7 Å². The molecule has 0 aliphatic carbocycles. The van der Waals surface area contributed by atoms with E-state index >= 15 is 0 Å². The van der Waals surface area contributed by atoms with Gasteiger partial charge in [-0.25, -0.2) is 0 Å².